The van der Waals surface area contributed by atoms with Crippen LogP contribution in [-0.4, -0.2) is 83.2 Å². The normalized spacial score (nSPS) is 18.0. The molecule has 11 heteroatoms. The Kier molecular flexibility index (Phi) is 5.27. The fourth-order valence-electron chi connectivity index (χ4n) is 3.50. The molecule has 2 aliphatic rings. The number of aromatic nitrogens is 1. The molecule has 160 valence electrons. The van der Waals surface area contributed by atoms with Crippen LogP contribution in [0.4, 0.5) is 9.93 Å². The molecular formula is C20H21N6O4S+. The Morgan fingerprint density at radius 1 is 1.29 bits per heavy atom. The summed E-state index contributed by atoms with van der Waals surface area (Å²) < 4.78 is 6.79. The van der Waals surface area contributed by atoms with E-state index in [2.05, 4.69) is 15.3 Å². The molecule has 1 aromatic heterocycles. The van der Waals surface area contributed by atoms with Gasteiger partial charge < -0.3 is 4.74 Å². The highest BCUT2D eigenvalue weighted by Gasteiger charge is 2.50. The molecule has 31 heavy (non-hydrogen) atoms. The van der Waals surface area contributed by atoms with E-state index in [0.29, 0.717) is 11.0 Å². The third kappa shape index (κ3) is 3.67. The van der Waals surface area contributed by atoms with Gasteiger partial charge in [0.15, 0.2) is 11.7 Å². The van der Waals surface area contributed by atoms with Gasteiger partial charge in [0, 0.05) is 25.0 Å². The topological polar surface area (TPSA) is 107 Å². The van der Waals surface area contributed by atoms with Gasteiger partial charge in [0.05, 0.1) is 12.8 Å². The van der Waals surface area contributed by atoms with Crippen molar-refractivity contribution in [2.75, 3.05) is 33.1 Å². The van der Waals surface area contributed by atoms with Crippen molar-refractivity contribution in [2.45, 2.75) is 13.0 Å². The maximum absolute atomic E-state index is 12.6. The highest BCUT2D eigenvalue weighted by atomic mass is 32.1. The van der Waals surface area contributed by atoms with Crippen molar-refractivity contribution in [1.29, 1.82) is 0 Å². The van der Waals surface area contributed by atoms with Crippen molar-refractivity contribution in [1.82, 2.24) is 14.8 Å². The molecule has 4 rings (SSSR count). The number of urea groups is 1. The van der Waals surface area contributed by atoms with E-state index in [9.17, 15) is 14.4 Å². The molecule has 4 amide bonds. The van der Waals surface area contributed by atoms with Gasteiger partial charge in [0.2, 0.25) is 0 Å². The first-order chi connectivity index (χ1) is 14.8. The van der Waals surface area contributed by atoms with Crippen molar-refractivity contribution in [3.63, 3.8) is 0 Å². The Balaban J connectivity index is 1.43. The molecule has 1 fully saturated rings. The van der Waals surface area contributed by atoms with Crippen molar-refractivity contribution in [3.05, 3.63) is 29.1 Å². The van der Waals surface area contributed by atoms with Gasteiger partial charge in [-0.2, -0.15) is 0 Å². The van der Waals surface area contributed by atoms with Crippen LogP contribution < -0.4 is 10.1 Å². The standard InChI is InChI=1S/C20H20N6O4S/c1-11-7-12(5-6-14(11)30-4)13-9-31-19(22-13)23-15(27)8-26-10-21-17-16(26)18(28)25(3)20(29)24(17)2/h5-7,9-10,16H,8H2,1-4H3/p+1. The number of hydrogen-bond donors (Lipinski definition) is 1. The summed E-state index contributed by atoms with van der Waals surface area (Å²) in [4.78, 5) is 48.1. The number of carbonyl (C=O) groups is 3. The lowest BCUT2D eigenvalue weighted by molar-refractivity contribution is -0.519. The molecule has 10 nitrogen and oxygen atoms in total. The molecule has 1 saturated heterocycles. The molecule has 0 saturated carbocycles. The van der Waals surface area contributed by atoms with E-state index in [-0.39, 0.29) is 12.5 Å². The number of anilines is 1. The maximum atomic E-state index is 12.6. The summed E-state index contributed by atoms with van der Waals surface area (Å²) >= 11 is 1.31. The minimum atomic E-state index is -0.799. The second-order valence-corrected chi connectivity index (χ2v) is 8.05. The number of thiazole rings is 1. The summed E-state index contributed by atoms with van der Waals surface area (Å²) in [6.45, 7) is 1.85. The van der Waals surface area contributed by atoms with Gasteiger partial charge in [0.1, 0.15) is 5.75 Å². The van der Waals surface area contributed by atoms with E-state index in [1.165, 1.54) is 34.2 Å². The van der Waals surface area contributed by atoms with E-state index in [4.69, 9.17) is 4.74 Å². The number of amidine groups is 1. The van der Waals surface area contributed by atoms with Gasteiger partial charge in [-0.25, -0.2) is 14.4 Å². The van der Waals surface area contributed by atoms with Gasteiger partial charge in [0.25, 0.3) is 30.0 Å². The van der Waals surface area contributed by atoms with Crippen molar-refractivity contribution in [3.8, 4) is 17.0 Å². The number of likely N-dealkylation sites (N-methyl/N-ethyl adjacent to an activating group) is 2. The number of methoxy groups -OCH3 is 1. The molecule has 0 aliphatic carbocycles. The van der Waals surface area contributed by atoms with Crippen LogP contribution in [0.25, 0.3) is 11.3 Å². The second kappa shape index (κ2) is 7.91. The zero-order valence-electron chi connectivity index (χ0n) is 17.4. The number of imide groups is 1. The smallest absolute Gasteiger partial charge is 0.333 e. The summed E-state index contributed by atoms with van der Waals surface area (Å²) in [5.74, 6) is 0.350. The zero-order valence-corrected chi connectivity index (χ0v) is 18.3. The average Bonchev–Trinajstić information content (AvgIpc) is 3.38. The van der Waals surface area contributed by atoms with Crippen LogP contribution in [0.2, 0.25) is 0 Å². The Hall–Kier alpha value is -3.60. The molecule has 1 N–H and O–H groups in total. The van der Waals surface area contributed by atoms with E-state index in [1.807, 2.05) is 30.5 Å². The van der Waals surface area contributed by atoms with Crippen LogP contribution in [0, 0.1) is 6.92 Å². The summed E-state index contributed by atoms with van der Waals surface area (Å²) in [6, 6.07) is 4.51. The fraction of sp³-hybridized carbons (Fsp3) is 0.300. The first-order valence-corrected chi connectivity index (χ1v) is 10.3. The molecule has 0 spiro atoms. The lowest BCUT2D eigenvalue weighted by atomic mass is 10.1. The zero-order chi connectivity index (χ0) is 22.3. The monoisotopic (exact) mass is 441 g/mol. The van der Waals surface area contributed by atoms with E-state index < -0.39 is 18.0 Å². The van der Waals surface area contributed by atoms with Gasteiger partial charge in [-0.1, -0.05) is 0 Å². The minimum Gasteiger partial charge on any atom is -0.496 e. The van der Waals surface area contributed by atoms with Crippen LogP contribution >= 0.6 is 11.3 Å². The van der Waals surface area contributed by atoms with Crippen LogP contribution in [0.1, 0.15) is 5.56 Å². The quantitative estimate of drug-likeness (QED) is 0.706. The largest absolute Gasteiger partial charge is 0.496 e. The van der Waals surface area contributed by atoms with E-state index in [1.54, 1.807) is 14.2 Å². The summed E-state index contributed by atoms with van der Waals surface area (Å²) in [7, 11) is 4.58. The number of aliphatic imine (C=N–C) groups is 1. The Morgan fingerprint density at radius 3 is 2.77 bits per heavy atom. The third-order valence-corrected chi connectivity index (χ3v) is 5.92. The molecule has 0 bridgehead atoms. The third-order valence-electron chi connectivity index (χ3n) is 5.16. The Labute approximate surface area is 182 Å². The Morgan fingerprint density at radius 2 is 2.06 bits per heavy atom. The van der Waals surface area contributed by atoms with Gasteiger partial charge in [-0.05, 0) is 35.7 Å². The Bertz CT molecular complexity index is 1150. The van der Waals surface area contributed by atoms with Gasteiger partial charge in [-0.3, -0.25) is 24.7 Å². The van der Waals surface area contributed by atoms with Crippen molar-refractivity contribution >= 4 is 46.5 Å². The summed E-state index contributed by atoms with van der Waals surface area (Å²) in [5, 5.41) is 5.08. The van der Waals surface area contributed by atoms with Crippen LogP contribution in [0.3, 0.4) is 0 Å². The molecule has 2 aromatic rings. The summed E-state index contributed by atoms with van der Waals surface area (Å²) in [6.07, 6.45) is 1.41. The number of fused-ring (bicyclic) bond motifs is 1. The van der Waals surface area contributed by atoms with Crippen LogP contribution in [-0.2, 0) is 9.59 Å². The number of amides is 4. The maximum Gasteiger partial charge on any atom is 0.333 e. The first-order valence-electron chi connectivity index (χ1n) is 9.42. The molecule has 1 atom stereocenters. The van der Waals surface area contributed by atoms with Gasteiger partial charge in [-0.15, -0.1) is 11.3 Å². The molecule has 1 unspecified atom stereocenters. The SMILES string of the molecule is COc1ccc(-c2csc(NC(=O)C[N+]3=CN=C4C3C(=O)N(C)C(=O)N4C)n2)cc1C. The average molecular weight is 441 g/mol. The number of rotatable bonds is 5. The highest BCUT2D eigenvalue weighted by molar-refractivity contribution is 7.14. The van der Waals surface area contributed by atoms with E-state index >= 15 is 0 Å². The van der Waals surface area contributed by atoms with Crippen molar-refractivity contribution < 1.29 is 23.7 Å². The predicted octanol–water partition coefficient (Wildman–Crippen LogP) is 1.41. The minimum absolute atomic E-state index is 0.101. The molecular weight excluding hydrogens is 420 g/mol. The summed E-state index contributed by atoms with van der Waals surface area (Å²) in [5.41, 5.74) is 2.66. The van der Waals surface area contributed by atoms with Crippen LogP contribution in [0.5, 0.6) is 5.75 Å². The van der Waals surface area contributed by atoms with Gasteiger partial charge >= 0.3 is 6.03 Å². The lowest BCUT2D eigenvalue weighted by Crippen LogP contribution is -2.61. The van der Waals surface area contributed by atoms with Crippen LogP contribution in [0.15, 0.2) is 28.6 Å². The predicted molar refractivity (Wildman–Crippen MR) is 116 cm³/mol. The number of nitrogens with zero attached hydrogens (tertiary/aromatic N) is 5. The first kappa shape index (κ1) is 20.7. The number of carbonyl (C=O) groups excluding carboxylic acids is 3. The second-order valence-electron chi connectivity index (χ2n) is 7.19. The fourth-order valence-corrected chi connectivity index (χ4v) is 4.24. The number of nitrogens with one attached hydrogen (secondary N) is 1. The highest BCUT2D eigenvalue weighted by Crippen LogP contribution is 2.28. The lowest BCUT2D eigenvalue weighted by Gasteiger charge is -2.30. The number of aryl methyl sites for hydroxylation is 1. The van der Waals surface area contributed by atoms with E-state index in [0.717, 1.165) is 27.5 Å². The molecule has 1 aromatic carbocycles. The molecule has 3 heterocycles. The number of benzene rings is 1. The van der Waals surface area contributed by atoms with Crippen molar-refractivity contribution in [2.24, 2.45) is 4.99 Å². The number of hydrogen-bond acceptors (Lipinski definition) is 7. The number of ether oxygens (including phenoxy) is 1. The molecule has 0 radical (unpaired) electrons. The molecule has 2 aliphatic heterocycles.